The van der Waals surface area contributed by atoms with Crippen molar-refractivity contribution in [1.82, 2.24) is 24.3 Å². The number of hydrogen-bond donors (Lipinski definition) is 1. The number of aryl methyl sites for hydroxylation is 2. The summed E-state index contributed by atoms with van der Waals surface area (Å²) in [5, 5.41) is 13.7. The van der Waals surface area contributed by atoms with E-state index in [1.54, 1.807) is 11.6 Å². The summed E-state index contributed by atoms with van der Waals surface area (Å²) < 4.78 is 41.4. The second-order valence-electron chi connectivity index (χ2n) is 5.44. The topological polar surface area (TPSA) is 85.8 Å². The highest BCUT2D eigenvalue weighted by Gasteiger charge is 2.33. The van der Waals surface area contributed by atoms with Crippen LogP contribution in [0, 0.1) is 0 Å². The maximum absolute atomic E-state index is 12.9. The fourth-order valence-corrected chi connectivity index (χ4v) is 3.54. The van der Waals surface area contributed by atoms with Gasteiger partial charge in [0.25, 0.3) is 0 Å². The molecular weight excluding hydrogens is 371 g/mol. The number of nitrogens with zero attached hydrogens (tertiary/aromatic N) is 5. The third-order valence-corrected chi connectivity index (χ3v) is 4.73. The van der Waals surface area contributed by atoms with Crippen LogP contribution in [0.2, 0.25) is 0 Å². The zero-order chi connectivity index (χ0) is 19.2. The molecule has 3 aromatic rings. The van der Waals surface area contributed by atoms with Gasteiger partial charge in [0.1, 0.15) is 11.4 Å². The maximum atomic E-state index is 12.9. The van der Waals surface area contributed by atoms with Gasteiger partial charge in [0.05, 0.1) is 22.1 Å². The lowest BCUT2D eigenvalue weighted by Crippen LogP contribution is -2.07. The largest absolute Gasteiger partial charge is 0.476 e. The summed E-state index contributed by atoms with van der Waals surface area (Å²) in [4.78, 5) is 19.7. The van der Waals surface area contributed by atoms with Gasteiger partial charge in [0.15, 0.2) is 11.5 Å². The molecule has 26 heavy (non-hydrogen) atoms. The molecule has 11 heteroatoms. The Balaban J connectivity index is 2.24. The fourth-order valence-electron chi connectivity index (χ4n) is 2.62. The molecule has 0 aliphatic carbocycles. The predicted molar refractivity (Wildman–Crippen MR) is 89.1 cm³/mol. The number of carboxylic acids is 1. The average molecular weight is 385 g/mol. The molecule has 0 spiro atoms. The van der Waals surface area contributed by atoms with E-state index >= 15 is 0 Å². The van der Waals surface area contributed by atoms with E-state index in [0.717, 1.165) is 12.3 Å². The number of rotatable bonds is 4. The number of thioether (sulfide) groups is 1. The first-order chi connectivity index (χ1) is 12.1. The Morgan fingerprint density at radius 3 is 2.62 bits per heavy atom. The molecule has 0 aromatic carbocycles. The molecule has 0 amide bonds. The Labute approximate surface area is 149 Å². The first kappa shape index (κ1) is 18.2. The van der Waals surface area contributed by atoms with Gasteiger partial charge in [0.2, 0.25) is 0 Å². The van der Waals surface area contributed by atoms with Crippen molar-refractivity contribution in [3.63, 3.8) is 0 Å². The van der Waals surface area contributed by atoms with Gasteiger partial charge in [-0.1, -0.05) is 6.92 Å². The smallest absolute Gasteiger partial charge is 0.433 e. The fraction of sp³-hybridized carbons (Fsp3) is 0.333. The number of imidazole rings is 1. The van der Waals surface area contributed by atoms with Crippen LogP contribution in [0.4, 0.5) is 13.2 Å². The van der Waals surface area contributed by atoms with Crippen molar-refractivity contribution in [3.05, 3.63) is 23.7 Å². The van der Waals surface area contributed by atoms with E-state index in [9.17, 15) is 23.1 Å². The van der Waals surface area contributed by atoms with Crippen LogP contribution in [0.15, 0.2) is 17.2 Å². The molecule has 3 rings (SSSR count). The summed E-state index contributed by atoms with van der Waals surface area (Å²) in [5.41, 5.74) is -0.218. The SMILES string of the molecule is CCSc1c(-c2nc3cc(C(F)(F)F)ncc3n2C)nn(C)c1C(=O)O. The molecule has 138 valence electrons. The van der Waals surface area contributed by atoms with E-state index in [-0.39, 0.29) is 17.0 Å². The van der Waals surface area contributed by atoms with Crippen LogP contribution in [0.1, 0.15) is 23.1 Å². The highest BCUT2D eigenvalue weighted by molar-refractivity contribution is 7.99. The first-order valence-corrected chi connectivity index (χ1v) is 8.46. The summed E-state index contributed by atoms with van der Waals surface area (Å²) in [6, 6.07) is 0.868. The number of aromatic carboxylic acids is 1. The summed E-state index contributed by atoms with van der Waals surface area (Å²) >= 11 is 1.29. The molecule has 0 saturated carbocycles. The van der Waals surface area contributed by atoms with Crippen LogP contribution in [0.3, 0.4) is 0 Å². The highest BCUT2D eigenvalue weighted by Crippen LogP contribution is 2.35. The zero-order valence-electron chi connectivity index (χ0n) is 14.0. The maximum Gasteiger partial charge on any atom is 0.433 e. The lowest BCUT2D eigenvalue weighted by atomic mass is 10.3. The zero-order valence-corrected chi connectivity index (χ0v) is 14.8. The van der Waals surface area contributed by atoms with Gasteiger partial charge in [0, 0.05) is 14.1 Å². The van der Waals surface area contributed by atoms with Crippen molar-refractivity contribution >= 4 is 28.8 Å². The van der Waals surface area contributed by atoms with Gasteiger partial charge >= 0.3 is 12.1 Å². The Morgan fingerprint density at radius 1 is 1.35 bits per heavy atom. The minimum Gasteiger partial charge on any atom is -0.476 e. The van der Waals surface area contributed by atoms with Crippen molar-refractivity contribution in [2.45, 2.75) is 18.0 Å². The lowest BCUT2D eigenvalue weighted by Gasteiger charge is -2.05. The molecule has 0 aliphatic rings. The summed E-state index contributed by atoms with van der Waals surface area (Å²) in [6.07, 6.45) is -3.47. The lowest BCUT2D eigenvalue weighted by molar-refractivity contribution is -0.141. The van der Waals surface area contributed by atoms with Crippen molar-refractivity contribution in [2.75, 3.05) is 5.75 Å². The highest BCUT2D eigenvalue weighted by atomic mass is 32.2. The number of pyridine rings is 1. The normalized spacial score (nSPS) is 12.1. The second kappa shape index (κ2) is 6.31. The number of fused-ring (bicyclic) bond motifs is 1. The van der Waals surface area contributed by atoms with Gasteiger partial charge in [-0.3, -0.25) is 4.68 Å². The summed E-state index contributed by atoms with van der Waals surface area (Å²) in [5.74, 6) is -0.259. The average Bonchev–Trinajstić information content (AvgIpc) is 3.04. The first-order valence-electron chi connectivity index (χ1n) is 7.48. The van der Waals surface area contributed by atoms with Crippen LogP contribution in [-0.2, 0) is 20.3 Å². The number of alkyl halides is 3. The Morgan fingerprint density at radius 2 is 2.04 bits per heavy atom. The molecule has 0 atom stereocenters. The Kier molecular flexibility index (Phi) is 4.42. The molecule has 0 radical (unpaired) electrons. The number of hydrogen-bond acceptors (Lipinski definition) is 5. The number of carbonyl (C=O) groups is 1. The van der Waals surface area contributed by atoms with Crippen molar-refractivity contribution in [3.8, 4) is 11.5 Å². The number of halogens is 3. The Bertz CT molecular complexity index is 1010. The molecular formula is C15H14F3N5O2S. The quantitative estimate of drug-likeness (QED) is 0.694. The molecule has 7 nitrogen and oxygen atoms in total. The summed E-state index contributed by atoms with van der Waals surface area (Å²) in [7, 11) is 3.12. The van der Waals surface area contributed by atoms with E-state index in [1.807, 2.05) is 6.92 Å². The van der Waals surface area contributed by atoms with Crippen molar-refractivity contribution in [1.29, 1.82) is 0 Å². The standard InChI is InChI=1S/C15H14F3N5O2S/c1-4-26-12-10(21-23(3)11(12)14(24)25)13-20-7-5-9(15(16,17)18)19-6-8(7)22(13)2/h5-6H,4H2,1-3H3,(H,24,25). The van der Waals surface area contributed by atoms with Crippen LogP contribution in [-0.4, -0.2) is 41.1 Å². The van der Waals surface area contributed by atoms with Crippen LogP contribution in [0.5, 0.6) is 0 Å². The van der Waals surface area contributed by atoms with Crippen LogP contribution < -0.4 is 0 Å². The molecule has 3 aromatic heterocycles. The number of carboxylic acid groups (broad SMARTS) is 1. The second-order valence-corrected chi connectivity index (χ2v) is 6.71. The van der Waals surface area contributed by atoms with E-state index in [1.165, 1.54) is 23.5 Å². The molecule has 0 saturated heterocycles. The monoisotopic (exact) mass is 385 g/mol. The van der Waals surface area contributed by atoms with Gasteiger partial charge in [-0.2, -0.15) is 18.3 Å². The Hall–Kier alpha value is -2.56. The van der Waals surface area contributed by atoms with Gasteiger partial charge in [-0.15, -0.1) is 11.8 Å². The minimum absolute atomic E-state index is 0.00742. The third kappa shape index (κ3) is 2.91. The molecule has 0 aliphatic heterocycles. The van der Waals surface area contributed by atoms with E-state index in [2.05, 4.69) is 15.1 Å². The van der Waals surface area contributed by atoms with Crippen LogP contribution >= 0.6 is 11.8 Å². The minimum atomic E-state index is -4.57. The molecule has 1 N–H and O–H groups in total. The molecule has 0 fully saturated rings. The van der Waals surface area contributed by atoms with Gasteiger partial charge in [-0.05, 0) is 11.8 Å². The molecule has 0 unspecified atom stereocenters. The van der Waals surface area contributed by atoms with Crippen molar-refractivity contribution in [2.24, 2.45) is 14.1 Å². The molecule has 0 bridgehead atoms. The van der Waals surface area contributed by atoms with E-state index in [0.29, 0.717) is 21.9 Å². The van der Waals surface area contributed by atoms with Crippen molar-refractivity contribution < 1.29 is 23.1 Å². The van der Waals surface area contributed by atoms with Crippen LogP contribution in [0.25, 0.3) is 22.6 Å². The van der Waals surface area contributed by atoms with Gasteiger partial charge < -0.3 is 9.67 Å². The third-order valence-electron chi connectivity index (χ3n) is 3.76. The summed E-state index contributed by atoms with van der Waals surface area (Å²) in [6.45, 7) is 1.86. The van der Waals surface area contributed by atoms with E-state index in [4.69, 9.17) is 0 Å². The van der Waals surface area contributed by atoms with E-state index < -0.39 is 17.8 Å². The molecule has 3 heterocycles. The predicted octanol–water partition coefficient (Wildman–Crippen LogP) is 3.20. The number of aromatic nitrogens is 5. The van der Waals surface area contributed by atoms with Gasteiger partial charge in [-0.25, -0.2) is 14.8 Å².